The van der Waals surface area contributed by atoms with E-state index in [1.807, 2.05) is 12.1 Å². The number of methoxy groups -OCH3 is 2. The van der Waals surface area contributed by atoms with Gasteiger partial charge in [-0.25, -0.2) is 9.79 Å². The molecule has 0 N–H and O–H groups in total. The maximum Gasteiger partial charge on any atom is 0.363 e. The molecule has 20 heavy (non-hydrogen) atoms. The molecule has 1 aromatic carbocycles. The first kappa shape index (κ1) is 12.7. The number of ether oxygens (including phenoxy) is 3. The lowest BCUT2D eigenvalue weighted by molar-refractivity contribution is -0.130. The van der Waals surface area contributed by atoms with Gasteiger partial charge in [-0.3, -0.25) is 0 Å². The van der Waals surface area contributed by atoms with E-state index in [1.165, 1.54) is 0 Å². The molecule has 3 rings (SSSR count). The number of cyclic esters (lactones) is 1. The summed E-state index contributed by atoms with van der Waals surface area (Å²) in [6, 6.07) is 5.40. The van der Waals surface area contributed by atoms with Gasteiger partial charge in [0.2, 0.25) is 5.90 Å². The highest BCUT2D eigenvalue weighted by Crippen LogP contribution is 2.34. The van der Waals surface area contributed by atoms with Gasteiger partial charge in [0.25, 0.3) is 0 Å². The summed E-state index contributed by atoms with van der Waals surface area (Å²) in [6.45, 7) is 0. The van der Waals surface area contributed by atoms with Crippen molar-refractivity contribution < 1.29 is 19.0 Å². The van der Waals surface area contributed by atoms with E-state index in [4.69, 9.17) is 14.2 Å². The molecule has 2 aliphatic rings. The smallest absolute Gasteiger partial charge is 0.363 e. The Balaban J connectivity index is 1.92. The quantitative estimate of drug-likeness (QED) is 0.624. The summed E-state index contributed by atoms with van der Waals surface area (Å²) in [5.74, 6) is 1.80. The van der Waals surface area contributed by atoms with E-state index < -0.39 is 5.97 Å². The van der Waals surface area contributed by atoms with Gasteiger partial charge in [-0.15, -0.1) is 0 Å². The highest BCUT2D eigenvalue weighted by atomic mass is 16.6. The van der Waals surface area contributed by atoms with Gasteiger partial charge < -0.3 is 14.2 Å². The molecule has 1 heterocycles. The van der Waals surface area contributed by atoms with Crippen molar-refractivity contribution >= 4 is 17.9 Å². The number of benzene rings is 1. The number of rotatable bonds is 4. The molecule has 0 unspecified atom stereocenters. The van der Waals surface area contributed by atoms with Crippen LogP contribution in [0.3, 0.4) is 0 Å². The van der Waals surface area contributed by atoms with Gasteiger partial charge in [0, 0.05) is 12.0 Å². The summed E-state index contributed by atoms with van der Waals surface area (Å²) in [5.41, 5.74) is 1.11. The van der Waals surface area contributed by atoms with Crippen LogP contribution in [0.25, 0.3) is 6.08 Å². The summed E-state index contributed by atoms with van der Waals surface area (Å²) >= 11 is 0. The van der Waals surface area contributed by atoms with Crippen molar-refractivity contribution in [1.29, 1.82) is 0 Å². The van der Waals surface area contributed by atoms with Crippen molar-refractivity contribution in [1.82, 2.24) is 0 Å². The van der Waals surface area contributed by atoms with Crippen LogP contribution in [-0.4, -0.2) is 26.1 Å². The average Bonchev–Trinajstić information content (AvgIpc) is 3.24. The van der Waals surface area contributed by atoms with E-state index in [9.17, 15) is 4.79 Å². The number of nitrogens with zero attached hydrogens (tertiary/aromatic N) is 1. The minimum atomic E-state index is -0.395. The van der Waals surface area contributed by atoms with E-state index in [2.05, 4.69) is 4.99 Å². The maximum atomic E-state index is 11.8. The Bertz CT molecular complexity index is 592. The molecular weight excluding hydrogens is 258 g/mol. The van der Waals surface area contributed by atoms with Crippen molar-refractivity contribution in [2.75, 3.05) is 14.2 Å². The Hall–Kier alpha value is -2.30. The first-order valence-electron chi connectivity index (χ1n) is 6.45. The topological polar surface area (TPSA) is 57.1 Å². The minimum Gasteiger partial charge on any atom is -0.497 e. The van der Waals surface area contributed by atoms with Gasteiger partial charge in [0.15, 0.2) is 5.70 Å². The molecule has 1 fully saturated rings. The molecule has 5 nitrogen and oxygen atoms in total. The molecule has 0 aromatic heterocycles. The second kappa shape index (κ2) is 5.00. The van der Waals surface area contributed by atoms with E-state index in [1.54, 1.807) is 26.4 Å². The molecule has 0 atom stereocenters. The third-order valence-corrected chi connectivity index (χ3v) is 3.24. The second-order valence-electron chi connectivity index (χ2n) is 4.79. The first-order valence-corrected chi connectivity index (χ1v) is 6.45. The number of hydrogen-bond acceptors (Lipinski definition) is 5. The van der Waals surface area contributed by atoms with Gasteiger partial charge in [0.1, 0.15) is 11.5 Å². The first-order chi connectivity index (χ1) is 9.69. The predicted molar refractivity (Wildman–Crippen MR) is 73.8 cm³/mol. The molecule has 1 saturated carbocycles. The lowest BCUT2D eigenvalue weighted by Gasteiger charge is -2.05. The Labute approximate surface area is 116 Å². The van der Waals surface area contributed by atoms with Crippen LogP contribution in [0.1, 0.15) is 18.4 Å². The third-order valence-electron chi connectivity index (χ3n) is 3.24. The second-order valence-corrected chi connectivity index (χ2v) is 4.79. The molecule has 0 saturated heterocycles. The number of esters is 1. The van der Waals surface area contributed by atoms with Crippen LogP contribution < -0.4 is 9.47 Å². The van der Waals surface area contributed by atoms with Gasteiger partial charge in [-0.1, -0.05) is 0 Å². The van der Waals surface area contributed by atoms with Crippen LogP contribution in [0, 0.1) is 5.92 Å². The molecule has 104 valence electrons. The largest absolute Gasteiger partial charge is 0.497 e. The predicted octanol–water partition coefficient (Wildman–Crippen LogP) is 2.41. The fraction of sp³-hybridized carbons (Fsp3) is 0.333. The fourth-order valence-electron chi connectivity index (χ4n) is 2.00. The highest BCUT2D eigenvalue weighted by Gasteiger charge is 2.35. The summed E-state index contributed by atoms with van der Waals surface area (Å²) in [5, 5.41) is 0. The van der Waals surface area contributed by atoms with Crippen molar-refractivity contribution in [3.8, 4) is 11.5 Å². The normalized spacial score (nSPS) is 19.8. The van der Waals surface area contributed by atoms with Crippen LogP contribution >= 0.6 is 0 Å². The highest BCUT2D eigenvalue weighted by molar-refractivity contribution is 6.08. The number of aliphatic imine (C=N–C) groups is 1. The van der Waals surface area contributed by atoms with E-state index in [0.717, 1.165) is 18.4 Å². The van der Waals surface area contributed by atoms with Crippen LogP contribution in [0.5, 0.6) is 11.5 Å². The Morgan fingerprint density at radius 1 is 1.20 bits per heavy atom. The Morgan fingerprint density at radius 2 is 1.85 bits per heavy atom. The lowest BCUT2D eigenvalue weighted by atomic mass is 10.1. The van der Waals surface area contributed by atoms with Crippen molar-refractivity contribution in [3.05, 3.63) is 29.5 Å². The van der Waals surface area contributed by atoms with Gasteiger partial charge in [-0.2, -0.15) is 0 Å². The van der Waals surface area contributed by atoms with Crippen molar-refractivity contribution in [3.63, 3.8) is 0 Å². The van der Waals surface area contributed by atoms with Crippen molar-refractivity contribution in [2.24, 2.45) is 10.9 Å². The standard InChI is InChI=1S/C15H15NO4/c1-18-11-5-9(6-12(8-11)19-2)7-13-15(17)20-14(16-13)10-3-4-10/h5-8,10H,3-4H2,1-2H3/b13-7+. The van der Waals surface area contributed by atoms with E-state index in [0.29, 0.717) is 29.0 Å². The molecule has 5 heteroatoms. The monoisotopic (exact) mass is 273 g/mol. The van der Waals surface area contributed by atoms with Crippen LogP contribution in [0.4, 0.5) is 0 Å². The molecule has 1 aliphatic carbocycles. The Kier molecular flexibility index (Phi) is 3.18. The van der Waals surface area contributed by atoms with Crippen LogP contribution in [0.2, 0.25) is 0 Å². The van der Waals surface area contributed by atoms with Crippen molar-refractivity contribution in [2.45, 2.75) is 12.8 Å². The zero-order valence-electron chi connectivity index (χ0n) is 11.4. The number of hydrogen-bond donors (Lipinski definition) is 0. The lowest BCUT2D eigenvalue weighted by Crippen LogP contribution is -2.05. The molecule has 0 amide bonds. The van der Waals surface area contributed by atoms with Crippen LogP contribution in [0.15, 0.2) is 28.9 Å². The number of carbonyl (C=O) groups is 1. The molecular formula is C15H15NO4. The van der Waals surface area contributed by atoms with Gasteiger partial charge in [0.05, 0.1) is 14.2 Å². The summed E-state index contributed by atoms with van der Waals surface area (Å²) in [6.07, 6.45) is 3.78. The fourth-order valence-corrected chi connectivity index (χ4v) is 2.00. The number of carbonyl (C=O) groups excluding carboxylic acids is 1. The summed E-state index contributed by atoms with van der Waals surface area (Å²) in [4.78, 5) is 16.0. The minimum absolute atomic E-state index is 0.321. The average molecular weight is 273 g/mol. The van der Waals surface area contributed by atoms with Crippen LogP contribution in [-0.2, 0) is 9.53 Å². The molecule has 1 aromatic rings. The molecule has 0 spiro atoms. The molecule has 0 radical (unpaired) electrons. The third kappa shape index (κ3) is 2.52. The van der Waals surface area contributed by atoms with Gasteiger partial charge in [-0.05, 0) is 36.6 Å². The SMILES string of the molecule is COc1cc(/C=C2/N=C(C3CC3)OC2=O)cc(OC)c1. The Morgan fingerprint density at radius 3 is 2.40 bits per heavy atom. The zero-order valence-corrected chi connectivity index (χ0v) is 11.4. The molecule has 1 aliphatic heterocycles. The van der Waals surface area contributed by atoms with E-state index >= 15 is 0 Å². The summed E-state index contributed by atoms with van der Waals surface area (Å²) in [7, 11) is 3.16. The zero-order chi connectivity index (χ0) is 14.1. The summed E-state index contributed by atoms with van der Waals surface area (Å²) < 4.78 is 15.6. The maximum absolute atomic E-state index is 11.8. The molecule has 0 bridgehead atoms. The van der Waals surface area contributed by atoms with E-state index in [-0.39, 0.29) is 0 Å². The van der Waals surface area contributed by atoms with Gasteiger partial charge >= 0.3 is 5.97 Å².